The van der Waals surface area contributed by atoms with E-state index in [1.165, 1.54) is 12.2 Å². The Balaban J connectivity index is 0. The monoisotopic (exact) mass is 118 g/mol. The summed E-state index contributed by atoms with van der Waals surface area (Å²) in [5, 5.41) is 21.9. The Bertz CT molecular complexity index is 96.9. The third-order valence-electron chi connectivity index (χ3n) is 0.0500. The fraction of sp³-hybridized carbons (Fsp3) is 0.250. The molecule has 0 aromatic rings. The van der Waals surface area contributed by atoms with Gasteiger partial charge in [0.2, 0.25) is 0 Å². The van der Waals surface area contributed by atoms with Crippen molar-refractivity contribution in [1.29, 1.82) is 0 Å². The highest BCUT2D eigenvalue weighted by Gasteiger charge is 1.65. The highest BCUT2D eigenvalue weighted by Crippen LogP contribution is 1.42. The lowest BCUT2D eigenvalue weighted by molar-refractivity contribution is -0.134. The summed E-state index contributed by atoms with van der Waals surface area (Å²) in [5.41, 5.74) is 0. The Morgan fingerprint density at radius 1 is 1.38 bits per heavy atom. The van der Waals surface area contributed by atoms with Crippen molar-refractivity contribution in [2.75, 3.05) is 0 Å². The van der Waals surface area contributed by atoms with Crippen LogP contribution in [0.4, 0.5) is 0 Å². The van der Waals surface area contributed by atoms with E-state index >= 15 is 0 Å². The summed E-state index contributed by atoms with van der Waals surface area (Å²) in [6.45, 7) is 1.08. The van der Waals surface area contributed by atoms with E-state index in [2.05, 4.69) is 0 Å². The van der Waals surface area contributed by atoms with E-state index < -0.39 is 5.97 Å². The van der Waals surface area contributed by atoms with E-state index in [9.17, 15) is 0 Å². The molecule has 0 radical (unpaired) electrons. The zero-order valence-electron chi connectivity index (χ0n) is 4.25. The highest BCUT2D eigenvalue weighted by atomic mass is 16.4. The van der Waals surface area contributed by atoms with Gasteiger partial charge in [0.1, 0.15) is 0 Å². The van der Waals surface area contributed by atoms with Crippen molar-refractivity contribution in [2.24, 2.45) is 0 Å². The Hall–Kier alpha value is -1.37. The number of hydrogen-bond acceptors (Lipinski definition) is 3. The maximum absolute atomic E-state index is 9.00. The summed E-state index contributed by atoms with van der Waals surface area (Å²) >= 11 is 0. The number of aliphatic hydroxyl groups is 2. The van der Waals surface area contributed by atoms with Crippen LogP contribution in [-0.4, -0.2) is 21.3 Å². The summed E-state index contributed by atoms with van der Waals surface area (Å²) in [6.07, 6.45) is 2.47. The summed E-state index contributed by atoms with van der Waals surface area (Å²) in [4.78, 5) is 9.00. The average Bonchev–Trinajstić information content (AvgIpc) is 1.65. The second kappa shape index (κ2) is 9.16. The van der Waals surface area contributed by atoms with Gasteiger partial charge in [-0.3, -0.25) is 4.79 Å². The molecule has 0 atom stereocenters. The highest BCUT2D eigenvalue weighted by molar-refractivity contribution is 5.62. The van der Waals surface area contributed by atoms with Crippen LogP contribution in [0.2, 0.25) is 0 Å². The van der Waals surface area contributed by atoms with Crippen LogP contribution in [0.15, 0.2) is 0 Å². The number of rotatable bonds is 0. The second-order valence-electron chi connectivity index (χ2n) is 0.743. The van der Waals surface area contributed by atoms with Gasteiger partial charge in [0.05, 0.1) is 0 Å². The first kappa shape index (κ1) is 9.80. The molecule has 0 aromatic carbocycles. The predicted octanol–water partition coefficient (Wildman–Crippen LogP) is -0.259. The van der Waals surface area contributed by atoms with Gasteiger partial charge >= 0.3 is 0 Å². The molecule has 0 heterocycles. The van der Waals surface area contributed by atoms with E-state index in [0.717, 1.165) is 6.92 Å². The first-order chi connectivity index (χ1) is 3.65. The second-order valence-corrected chi connectivity index (χ2v) is 0.743. The van der Waals surface area contributed by atoms with Crippen molar-refractivity contribution in [3.8, 4) is 12.2 Å². The van der Waals surface area contributed by atoms with Gasteiger partial charge < -0.3 is 15.3 Å². The molecule has 0 rings (SSSR count). The topological polar surface area (TPSA) is 77.8 Å². The minimum atomic E-state index is -0.833. The Labute approximate surface area is 46.4 Å². The molecule has 0 aliphatic heterocycles. The van der Waals surface area contributed by atoms with Crippen LogP contribution in [0.3, 0.4) is 0 Å². The molecule has 0 aliphatic carbocycles. The van der Waals surface area contributed by atoms with E-state index in [1.54, 1.807) is 0 Å². The molecule has 0 fully saturated rings. The summed E-state index contributed by atoms with van der Waals surface area (Å²) in [6, 6.07) is 0. The number of aliphatic hydroxyl groups excluding tert-OH is 2. The lowest BCUT2D eigenvalue weighted by atomic mass is 10.9. The molecule has 0 saturated heterocycles. The fourth-order valence-electron chi connectivity index (χ4n) is 0. The molecule has 0 bridgehead atoms. The molecule has 0 saturated carbocycles. The van der Waals surface area contributed by atoms with Crippen molar-refractivity contribution in [1.82, 2.24) is 0 Å². The lowest BCUT2D eigenvalue weighted by Crippen LogP contribution is -1.78. The van der Waals surface area contributed by atoms with Crippen molar-refractivity contribution in [3.63, 3.8) is 0 Å². The molecule has 0 amide bonds. The number of aliphatic carboxylic acids is 1. The molecule has 0 aromatic heterocycles. The number of carboxylic acid groups (broad SMARTS) is 1. The van der Waals surface area contributed by atoms with Gasteiger partial charge in [0.15, 0.2) is 12.2 Å². The largest absolute Gasteiger partial charge is 0.481 e. The number of carbonyl (C=O) groups is 1. The van der Waals surface area contributed by atoms with Gasteiger partial charge in [-0.25, -0.2) is 0 Å². The van der Waals surface area contributed by atoms with Crippen molar-refractivity contribution in [3.05, 3.63) is 0 Å². The molecule has 4 heteroatoms. The number of hydrogen-bond donors (Lipinski definition) is 3. The molecule has 0 unspecified atom stereocenters. The van der Waals surface area contributed by atoms with E-state index in [1.807, 2.05) is 0 Å². The van der Waals surface area contributed by atoms with Gasteiger partial charge in [0, 0.05) is 6.92 Å². The molecule has 4 nitrogen and oxygen atoms in total. The third-order valence-corrected chi connectivity index (χ3v) is 0.0500. The maximum Gasteiger partial charge on any atom is 0.300 e. The van der Waals surface area contributed by atoms with Crippen LogP contribution in [0, 0.1) is 12.2 Å². The first-order valence-electron chi connectivity index (χ1n) is 1.62. The minimum Gasteiger partial charge on any atom is -0.481 e. The van der Waals surface area contributed by atoms with Crippen LogP contribution in [0.25, 0.3) is 0 Å². The minimum absolute atomic E-state index is 0.833. The SMILES string of the molecule is CC(=O)O.OC#CO. The molecular formula is C4H6O4. The first-order valence-corrected chi connectivity index (χ1v) is 1.62. The molecule has 3 N–H and O–H groups in total. The van der Waals surface area contributed by atoms with Gasteiger partial charge in [-0.05, 0) is 0 Å². The molecule has 0 aliphatic rings. The Morgan fingerprint density at radius 2 is 1.50 bits per heavy atom. The average molecular weight is 118 g/mol. The quantitative estimate of drug-likeness (QED) is 0.383. The summed E-state index contributed by atoms with van der Waals surface area (Å²) in [5.74, 6) is -0.833. The van der Waals surface area contributed by atoms with E-state index in [-0.39, 0.29) is 0 Å². The third kappa shape index (κ3) is 446. The van der Waals surface area contributed by atoms with Gasteiger partial charge in [0.25, 0.3) is 5.97 Å². The van der Waals surface area contributed by atoms with Crippen LogP contribution in [0.1, 0.15) is 6.92 Å². The van der Waals surface area contributed by atoms with Crippen LogP contribution in [-0.2, 0) is 4.79 Å². The molecular weight excluding hydrogens is 112 g/mol. The van der Waals surface area contributed by atoms with Crippen LogP contribution in [0.5, 0.6) is 0 Å². The maximum atomic E-state index is 9.00. The fourth-order valence-corrected chi connectivity index (χ4v) is 0. The predicted molar refractivity (Wildman–Crippen MR) is 25.0 cm³/mol. The standard InChI is InChI=1S/C2H4O2.C2H2O2/c1-2(3)4;3-1-2-4/h1H3,(H,3,4);3-4H. The van der Waals surface area contributed by atoms with Crippen molar-refractivity contribution >= 4 is 5.97 Å². The van der Waals surface area contributed by atoms with Gasteiger partial charge in [-0.2, -0.15) is 0 Å². The summed E-state index contributed by atoms with van der Waals surface area (Å²) in [7, 11) is 0. The van der Waals surface area contributed by atoms with Crippen LogP contribution >= 0.6 is 0 Å². The molecule has 46 valence electrons. The Kier molecular flexibility index (Phi) is 11.2. The van der Waals surface area contributed by atoms with Gasteiger partial charge in [-0.15, -0.1) is 0 Å². The van der Waals surface area contributed by atoms with E-state index in [4.69, 9.17) is 20.1 Å². The van der Waals surface area contributed by atoms with E-state index in [0.29, 0.717) is 0 Å². The zero-order chi connectivity index (χ0) is 6.99. The Morgan fingerprint density at radius 3 is 1.50 bits per heavy atom. The summed E-state index contributed by atoms with van der Waals surface area (Å²) < 4.78 is 0. The number of carboxylic acids is 1. The lowest BCUT2D eigenvalue weighted by Gasteiger charge is -1.59. The normalized spacial score (nSPS) is 4.62. The zero-order valence-corrected chi connectivity index (χ0v) is 4.25. The molecule has 0 spiro atoms. The van der Waals surface area contributed by atoms with Gasteiger partial charge in [-0.1, -0.05) is 0 Å². The molecule has 8 heavy (non-hydrogen) atoms. The van der Waals surface area contributed by atoms with Crippen LogP contribution < -0.4 is 0 Å². The van der Waals surface area contributed by atoms with Crippen molar-refractivity contribution < 1.29 is 20.1 Å². The smallest absolute Gasteiger partial charge is 0.300 e. The van der Waals surface area contributed by atoms with Crippen molar-refractivity contribution in [2.45, 2.75) is 6.92 Å².